The van der Waals surface area contributed by atoms with Crippen molar-refractivity contribution in [2.75, 3.05) is 42.2 Å². The third-order valence-corrected chi connectivity index (χ3v) is 5.87. The van der Waals surface area contributed by atoms with Gasteiger partial charge in [-0.05, 0) is 43.6 Å². The Morgan fingerprint density at radius 3 is 2.63 bits per heavy atom. The van der Waals surface area contributed by atoms with Gasteiger partial charge in [0.2, 0.25) is 17.6 Å². The molecule has 4 rings (SSSR count). The van der Waals surface area contributed by atoms with Crippen molar-refractivity contribution in [1.82, 2.24) is 9.97 Å². The molecule has 1 aromatic heterocycles. The highest BCUT2D eigenvalue weighted by molar-refractivity contribution is 5.70. The molecular formula is C21H28N6O3. The first kappa shape index (κ1) is 20.3. The van der Waals surface area contributed by atoms with Crippen LogP contribution < -0.4 is 16.0 Å². The lowest BCUT2D eigenvalue weighted by molar-refractivity contribution is -0.383. The van der Waals surface area contributed by atoms with Crippen molar-refractivity contribution < 1.29 is 9.66 Å². The minimum Gasteiger partial charge on any atom is -0.378 e. The molecule has 0 saturated carbocycles. The minimum absolute atomic E-state index is 0.0398. The molecule has 0 aliphatic carbocycles. The maximum absolute atomic E-state index is 11.5. The van der Waals surface area contributed by atoms with E-state index in [1.807, 2.05) is 6.07 Å². The fourth-order valence-electron chi connectivity index (χ4n) is 4.20. The number of nitrogen functional groups attached to an aromatic ring is 1. The van der Waals surface area contributed by atoms with Crippen LogP contribution in [0, 0.1) is 16.0 Å². The Labute approximate surface area is 175 Å². The Balaban J connectivity index is 1.43. The molecule has 2 fully saturated rings. The number of rotatable bonds is 7. The molecule has 2 saturated heterocycles. The van der Waals surface area contributed by atoms with E-state index in [0.29, 0.717) is 18.4 Å². The fraction of sp³-hybridized carbons (Fsp3) is 0.524. The number of hydrogen-bond donors (Lipinski definition) is 2. The first-order chi connectivity index (χ1) is 14.6. The lowest BCUT2D eigenvalue weighted by atomic mass is 9.90. The molecule has 0 amide bonds. The second-order valence-electron chi connectivity index (χ2n) is 8.00. The molecule has 3 heterocycles. The summed E-state index contributed by atoms with van der Waals surface area (Å²) in [6.45, 7) is 2.80. The number of hydrogen-bond acceptors (Lipinski definition) is 8. The van der Waals surface area contributed by atoms with Crippen molar-refractivity contribution >= 4 is 23.3 Å². The summed E-state index contributed by atoms with van der Waals surface area (Å²) in [5.41, 5.74) is 7.04. The van der Waals surface area contributed by atoms with Gasteiger partial charge in [0.25, 0.3) is 0 Å². The Bertz CT molecular complexity index is 865. The number of nitrogens with two attached hydrogens (primary N) is 1. The van der Waals surface area contributed by atoms with E-state index in [1.54, 1.807) is 0 Å². The summed E-state index contributed by atoms with van der Waals surface area (Å²) in [6, 6.07) is 10.5. The molecule has 0 unspecified atom stereocenters. The van der Waals surface area contributed by atoms with E-state index >= 15 is 0 Å². The number of ether oxygens (including phenoxy) is 1. The molecular weight excluding hydrogens is 384 g/mol. The molecule has 0 radical (unpaired) electrons. The average Bonchev–Trinajstić information content (AvgIpc) is 3.26. The highest BCUT2D eigenvalue weighted by Gasteiger charge is 2.28. The van der Waals surface area contributed by atoms with Crippen LogP contribution >= 0.6 is 0 Å². The van der Waals surface area contributed by atoms with Crippen LogP contribution in [0.3, 0.4) is 0 Å². The molecule has 3 N–H and O–H groups in total. The second-order valence-corrected chi connectivity index (χ2v) is 8.00. The lowest BCUT2D eigenvalue weighted by Crippen LogP contribution is -2.36. The topological polar surface area (TPSA) is 119 Å². The highest BCUT2D eigenvalue weighted by atomic mass is 16.6. The minimum atomic E-state index is -0.525. The predicted molar refractivity (Wildman–Crippen MR) is 116 cm³/mol. The molecule has 160 valence electrons. The number of nitrogens with zero attached hydrogens (tertiary/aromatic N) is 4. The number of nitrogens with one attached hydrogen (secondary N) is 1. The summed E-state index contributed by atoms with van der Waals surface area (Å²) in [6.07, 6.45) is 5.08. The molecule has 30 heavy (non-hydrogen) atoms. The SMILES string of the molecule is Nc1nc(N2CCC(Cc3ccccc3)CC2)nc(NC[C@@H]2CCCO2)c1[N+](=O)[O-]. The molecule has 9 heteroatoms. The summed E-state index contributed by atoms with van der Waals surface area (Å²) in [5.74, 6) is 1.12. The van der Waals surface area contributed by atoms with Crippen molar-refractivity contribution in [2.45, 2.75) is 38.2 Å². The second kappa shape index (κ2) is 9.25. The summed E-state index contributed by atoms with van der Waals surface area (Å²) in [4.78, 5) is 21.8. The largest absolute Gasteiger partial charge is 0.378 e. The summed E-state index contributed by atoms with van der Waals surface area (Å²) in [7, 11) is 0. The van der Waals surface area contributed by atoms with Crippen molar-refractivity contribution in [2.24, 2.45) is 5.92 Å². The molecule has 9 nitrogen and oxygen atoms in total. The van der Waals surface area contributed by atoms with Gasteiger partial charge in [-0.15, -0.1) is 0 Å². The van der Waals surface area contributed by atoms with Crippen molar-refractivity contribution in [3.63, 3.8) is 0 Å². The van der Waals surface area contributed by atoms with E-state index in [2.05, 4.69) is 44.5 Å². The number of benzene rings is 1. The van der Waals surface area contributed by atoms with Crippen molar-refractivity contribution in [3.8, 4) is 0 Å². The van der Waals surface area contributed by atoms with Crippen LogP contribution in [-0.4, -0.2) is 47.2 Å². The monoisotopic (exact) mass is 412 g/mol. The normalized spacial score (nSPS) is 19.7. The summed E-state index contributed by atoms with van der Waals surface area (Å²) < 4.78 is 5.60. The molecule has 2 aliphatic heterocycles. The Morgan fingerprint density at radius 1 is 1.20 bits per heavy atom. The maximum Gasteiger partial charge on any atom is 0.353 e. The number of nitro groups is 1. The van der Waals surface area contributed by atoms with Crippen LogP contribution in [0.1, 0.15) is 31.2 Å². The van der Waals surface area contributed by atoms with E-state index in [4.69, 9.17) is 10.5 Å². The molecule has 2 aromatic rings. The van der Waals surface area contributed by atoms with Gasteiger partial charge in [-0.25, -0.2) is 0 Å². The zero-order valence-electron chi connectivity index (χ0n) is 17.0. The van der Waals surface area contributed by atoms with Crippen molar-refractivity contribution in [3.05, 3.63) is 46.0 Å². The van der Waals surface area contributed by atoms with E-state index in [0.717, 1.165) is 51.8 Å². The summed E-state index contributed by atoms with van der Waals surface area (Å²) >= 11 is 0. The van der Waals surface area contributed by atoms with Crippen LogP contribution in [-0.2, 0) is 11.2 Å². The van der Waals surface area contributed by atoms with Gasteiger partial charge in [-0.2, -0.15) is 9.97 Å². The molecule has 1 atom stereocenters. The Kier molecular flexibility index (Phi) is 6.27. The van der Waals surface area contributed by atoms with E-state index in [-0.39, 0.29) is 23.4 Å². The standard InChI is InChI=1S/C21H28N6O3/c22-19-18(27(28)29)20(23-14-17-7-4-12-30-17)25-21(24-19)26-10-8-16(9-11-26)13-15-5-2-1-3-6-15/h1-3,5-6,16-17H,4,7-14H2,(H3,22,23,24,25)/t17-/m0/s1. The number of anilines is 3. The average molecular weight is 412 g/mol. The quantitative estimate of drug-likeness (QED) is 0.526. The van der Waals surface area contributed by atoms with E-state index in [9.17, 15) is 10.1 Å². The van der Waals surface area contributed by atoms with Gasteiger partial charge < -0.3 is 20.7 Å². The fourth-order valence-corrected chi connectivity index (χ4v) is 4.20. The van der Waals surface area contributed by atoms with Gasteiger partial charge in [0.15, 0.2) is 0 Å². The zero-order chi connectivity index (χ0) is 20.9. The Hall–Kier alpha value is -2.94. The van der Waals surface area contributed by atoms with Gasteiger partial charge in [0.05, 0.1) is 11.0 Å². The van der Waals surface area contributed by atoms with Gasteiger partial charge in [-0.1, -0.05) is 30.3 Å². The van der Waals surface area contributed by atoms with Gasteiger partial charge >= 0.3 is 5.69 Å². The molecule has 0 bridgehead atoms. The van der Waals surface area contributed by atoms with Crippen molar-refractivity contribution in [1.29, 1.82) is 0 Å². The lowest BCUT2D eigenvalue weighted by Gasteiger charge is -2.32. The van der Waals surface area contributed by atoms with E-state index in [1.165, 1.54) is 5.56 Å². The predicted octanol–water partition coefficient (Wildman–Crippen LogP) is 3.02. The van der Waals surface area contributed by atoms with Crippen LogP contribution in [0.2, 0.25) is 0 Å². The van der Waals surface area contributed by atoms with Crippen LogP contribution in [0.25, 0.3) is 0 Å². The summed E-state index contributed by atoms with van der Waals surface area (Å²) in [5, 5.41) is 14.6. The molecule has 0 spiro atoms. The number of aromatic nitrogens is 2. The first-order valence-corrected chi connectivity index (χ1v) is 10.6. The van der Waals surface area contributed by atoms with Gasteiger partial charge in [0.1, 0.15) is 0 Å². The third-order valence-electron chi connectivity index (χ3n) is 5.87. The van der Waals surface area contributed by atoms with Crippen LogP contribution in [0.15, 0.2) is 30.3 Å². The highest BCUT2D eigenvalue weighted by Crippen LogP contribution is 2.32. The molecule has 1 aromatic carbocycles. The van der Waals surface area contributed by atoms with Crippen LogP contribution in [0.4, 0.5) is 23.3 Å². The first-order valence-electron chi connectivity index (χ1n) is 10.6. The van der Waals surface area contributed by atoms with Gasteiger partial charge in [0, 0.05) is 26.2 Å². The third kappa shape index (κ3) is 4.79. The molecule has 2 aliphatic rings. The van der Waals surface area contributed by atoms with Crippen LogP contribution in [0.5, 0.6) is 0 Å². The maximum atomic E-state index is 11.5. The van der Waals surface area contributed by atoms with E-state index < -0.39 is 4.92 Å². The zero-order valence-corrected chi connectivity index (χ0v) is 17.0. The number of piperidine rings is 1. The Morgan fingerprint density at radius 2 is 1.97 bits per heavy atom. The van der Waals surface area contributed by atoms with Gasteiger partial charge in [-0.3, -0.25) is 10.1 Å². The smallest absolute Gasteiger partial charge is 0.353 e.